The van der Waals surface area contributed by atoms with Crippen molar-refractivity contribution < 1.29 is 22.7 Å². The topological polar surface area (TPSA) is 84.0 Å². The molecule has 0 saturated carbocycles. The zero-order valence-corrected chi connectivity index (χ0v) is 20.1. The average molecular weight is 477 g/mol. The van der Waals surface area contributed by atoms with E-state index in [1.165, 1.54) is 12.1 Å². The number of hydrogen-bond donors (Lipinski definition) is 0. The van der Waals surface area contributed by atoms with Crippen LogP contribution >= 0.6 is 11.8 Å². The van der Waals surface area contributed by atoms with Gasteiger partial charge in [0.1, 0.15) is 5.75 Å². The van der Waals surface area contributed by atoms with Gasteiger partial charge in [0.05, 0.1) is 17.4 Å². The molecule has 172 valence electrons. The predicted octanol–water partition coefficient (Wildman–Crippen LogP) is 3.09. The van der Waals surface area contributed by atoms with Crippen molar-refractivity contribution in [2.45, 2.75) is 22.6 Å². The van der Waals surface area contributed by atoms with E-state index in [1.54, 1.807) is 40.7 Å². The Labute approximate surface area is 193 Å². The molecular formula is C23H28N2O5S2. The number of rotatable bonds is 9. The van der Waals surface area contributed by atoms with E-state index in [1.807, 2.05) is 30.5 Å². The van der Waals surface area contributed by atoms with E-state index in [4.69, 9.17) is 4.74 Å². The molecule has 1 aliphatic rings. The molecule has 0 aliphatic carbocycles. The zero-order chi connectivity index (χ0) is 23.3. The zero-order valence-electron chi connectivity index (χ0n) is 18.5. The standard InChI is InChI=1S/C23H28N2O5S2/c1-24(12-5-13-30-19-6-4-7-21(15-19)32(3,28)29)23(27)17-14-22(26)25(16-17)18-8-10-20(31-2)11-9-18/h4,6-11,15,17H,5,12-14,16H2,1-3H3. The Morgan fingerprint density at radius 2 is 1.94 bits per heavy atom. The molecule has 0 N–H and O–H groups in total. The number of ether oxygens (including phenoxy) is 1. The van der Waals surface area contributed by atoms with Gasteiger partial charge in [-0.15, -0.1) is 11.8 Å². The second kappa shape index (κ2) is 10.4. The summed E-state index contributed by atoms with van der Waals surface area (Å²) in [5, 5.41) is 0. The van der Waals surface area contributed by atoms with Crippen molar-refractivity contribution in [3.8, 4) is 5.75 Å². The first kappa shape index (κ1) is 24.1. The first-order valence-electron chi connectivity index (χ1n) is 10.3. The van der Waals surface area contributed by atoms with Crippen LogP contribution in [0, 0.1) is 5.92 Å². The van der Waals surface area contributed by atoms with E-state index in [2.05, 4.69) is 0 Å². The lowest BCUT2D eigenvalue weighted by molar-refractivity contribution is -0.134. The molecule has 2 aromatic rings. The van der Waals surface area contributed by atoms with Crippen LogP contribution in [0.4, 0.5) is 5.69 Å². The van der Waals surface area contributed by atoms with E-state index in [0.29, 0.717) is 31.9 Å². The molecule has 1 atom stereocenters. The van der Waals surface area contributed by atoms with Gasteiger partial charge in [-0.3, -0.25) is 9.59 Å². The fourth-order valence-electron chi connectivity index (χ4n) is 3.59. The quantitative estimate of drug-likeness (QED) is 0.409. The molecule has 32 heavy (non-hydrogen) atoms. The highest BCUT2D eigenvalue weighted by Gasteiger charge is 2.36. The summed E-state index contributed by atoms with van der Waals surface area (Å²) in [5.41, 5.74) is 0.815. The summed E-state index contributed by atoms with van der Waals surface area (Å²) in [6.45, 7) is 1.22. The van der Waals surface area contributed by atoms with Crippen LogP contribution in [0.25, 0.3) is 0 Å². The van der Waals surface area contributed by atoms with Gasteiger partial charge in [-0.1, -0.05) is 6.07 Å². The number of thioether (sulfide) groups is 1. The van der Waals surface area contributed by atoms with Crippen molar-refractivity contribution in [1.29, 1.82) is 0 Å². The molecule has 1 aliphatic heterocycles. The van der Waals surface area contributed by atoms with Crippen molar-refractivity contribution in [2.24, 2.45) is 5.92 Å². The van der Waals surface area contributed by atoms with Gasteiger partial charge in [-0.25, -0.2) is 8.42 Å². The second-order valence-corrected chi connectivity index (χ2v) is 10.7. The van der Waals surface area contributed by atoms with Gasteiger partial charge in [-0.2, -0.15) is 0 Å². The fourth-order valence-corrected chi connectivity index (χ4v) is 4.66. The maximum atomic E-state index is 12.8. The molecule has 1 heterocycles. The summed E-state index contributed by atoms with van der Waals surface area (Å²) in [6.07, 6.45) is 3.95. The maximum Gasteiger partial charge on any atom is 0.227 e. The average Bonchev–Trinajstić information content (AvgIpc) is 3.17. The van der Waals surface area contributed by atoms with Crippen molar-refractivity contribution in [1.82, 2.24) is 4.90 Å². The van der Waals surface area contributed by atoms with Gasteiger partial charge in [0, 0.05) is 43.4 Å². The van der Waals surface area contributed by atoms with Crippen molar-refractivity contribution in [2.75, 3.05) is 44.2 Å². The Morgan fingerprint density at radius 1 is 1.22 bits per heavy atom. The molecule has 0 spiro atoms. The van der Waals surface area contributed by atoms with Crippen LogP contribution in [-0.4, -0.2) is 64.4 Å². The Hall–Kier alpha value is -2.52. The maximum absolute atomic E-state index is 12.8. The van der Waals surface area contributed by atoms with Gasteiger partial charge < -0.3 is 14.5 Å². The van der Waals surface area contributed by atoms with E-state index < -0.39 is 9.84 Å². The Kier molecular flexibility index (Phi) is 7.84. The van der Waals surface area contributed by atoms with Gasteiger partial charge in [0.15, 0.2) is 9.84 Å². The van der Waals surface area contributed by atoms with Gasteiger partial charge >= 0.3 is 0 Å². The van der Waals surface area contributed by atoms with Crippen LogP contribution in [0.3, 0.4) is 0 Å². The molecule has 9 heteroatoms. The highest BCUT2D eigenvalue weighted by molar-refractivity contribution is 7.98. The SMILES string of the molecule is CSc1ccc(N2CC(C(=O)N(C)CCCOc3cccc(S(C)(=O)=O)c3)CC2=O)cc1. The number of benzene rings is 2. The Morgan fingerprint density at radius 3 is 2.59 bits per heavy atom. The van der Waals surface area contributed by atoms with Crippen molar-refractivity contribution >= 4 is 39.1 Å². The highest BCUT2D eigenvalue weighted by Crippen LogP contribution is 2.28. The Bertz CT molecular complexity index is 1070. The van der Waals surface area contributed by atoms with Gasteiger partial charge in [-0.05, 0) is 55.1 Å². The minimum atomic E-state index is -3.29. The molecule has 0 aromatic heterocycles. The summed E-state index contributed by atoms with van der Waals surface area (Å²) in [4.78, 5) is 29.9. The summed E-state index contributed by atoms with van der Waals surface area (Å²) in [6, 6.07) is 14.1. The molecule has 7 nitrogen and oxygen atoms in total. The predicted molar refractivity (Wildman–Crippen MR) is 126 cm³/mol. The summed E-state index contributed by atoms with van der Waals surface area (Å²) >= 11 is 1.64. The van der Waals surface area contributed by atoms with Crippen LogP contribution in [0.5, 0.6) is 5.75 Å². The van der Waals surface area contributed by atoms with E-state index in [9.17, 15) is 18.0 Å². The minimum Gasteiger partial charge on any atom is -0.493 e. The lowest BCUT2D eigenvalue weighted by atomic mass is 10.1. The van der Waals surface area contributed by atoms with Crippen LogP contribution in [-0.2, 0) is 19.4 Å². The molecule has 3 rings (SSSR count). The number of hydrogen-bond acceptors (Lipinski definition) is 6. The molecule has 1 unspecified atom stereocenters. The smallest absolute Gasteiger partial charge is 0.227 e. The van der Waals surface area contributed by atoms with E-state index in [0.717, 1.165) is 16.8 Å². The molecule has 2 amide bonds. The second-order valence-electron chi connectivity index (χ2n) is 7.81. The minimum absolute atomic E-state index is 0.0391. The van der Waals surface area contributed by atoms with Crippen LogP contribution in [0.2, 0.25) is 0 Å². The molecule has 1 fully saturated rings. The fraction of sp³-hybridized carbons (Fsp3) is 0.391. The molecule has 2 aromatic carbocycles. The number of amides is 2. The largest absolute Gasteiger partial charge is 0.493 e. The lowest BCUT2D eigenvalue weighted by Gasteiger charge is -2.21. The van der Waals surface area contributed by atoms with E-state index in [-0.39, 0.29) is 29.0 Å². The number of sulfone groups is 1. The third-order valence-corrected chi connectivity index (χ3v) is 7.23. The number of nitrogens with zero attached hydrogens (tertiary/aromatic N) is 2. The highest BCUT2D eigenvalue weighted by atomic mass is 32.2. The third-order valence-electron chi connectivity index (χ3n) is 5.37. The van der Waals surface area contributed by atoms with Gasteiger partial charge in [0.2, 0.25) is 11.8 Å². The molecular weight excluding hydrogens is 448 g/mol. The van der Waals surface area contributed by atoms with Crippen LogP contribution < -0.4 is 9.64 Å². The number of anilines is 1. The summed E-state index contributed by atoms with van der Waals surface area (Å²) in [7, 11) is -1.56. The lowest BCUT2D eigenvalue weighted by Crippen LogP contribution is -2.35. The third kappa shape index (κ3) is 6.04. The number of carbonyl (C=O) groups is 2. The summed E-state index contributed by atoms with van der Waals surface area (Å²) in [5.74, 6) is 0.0231. The normalized spacial score (nSPS) is 16.3. The van der Waals surface area contributed by atoms with Crippen LogP contribution in [0.15, 0.2) is 58.3 Å². The van der Waals surface area contributed by atoms with Crippen molar-refractivity contribution in [3.63, 3.8) is 0 Å². The van der Waals surface area contributed by atoms with Gasteiger partial charge in [0.25, 0.3) is 0 Å². The number of carbonyl (C=O) groups excluding carboxylic acids is 2. The van der Waals surface area contributed by atoms with Crippen LogP contribution in [0.1, 0.15) is 12.8 Å². The Balaban J connectivity index is 1.48. The monoisotopic (exact) mass is 476 g/mol. The first-order chi connectivity index (χ1) is 15.2. The summed E-state index contributed by atoms with van der Waals surface area (Å²) < 4.78 is 28.9. The molecule has 0 bridgehead atoms. The molecule has 1 saturated heterocycles. The van der Waals surface area contributed by atoms with Crippen molar-refractivity contribution in [3.05, 3.63) is 48.5 Å². The molecule has 0 radical (unpaired) electrons. The van der Waals surface area contributed by atoms with E-state index >= 15 is 0 Å². The first-order valence-corrected chi connectivity index (χ1v) is 13.4.